The molecule has 1 aliphatic heterocycles. The van der Waals surface area contributed by atoms with Gasteiger partial charge in [-0.05, 0) is 60.1 Å². The molecule has 0 saturated carbocycles. The molecule has 1 N–H and O–H groups in total. The fourth-order valence-electron chi connectivity index (χ4n) is 2.41. The lowest BCUT2D eigenvalue weighted by Gasteiger charge is -2.26. The van der Waals surface area contributed by atoms with E-state index in [-0.39, 0.29) is 24.8 Å². The molecule has 0 atom stereocenters. The molecule has 4 nitrogen and oxygen atoms in total. The second kappa shape index (κ2) is 13.3. The summed E-state index contributed by atoms with van der Waals surface area (Å²) in [5.41, 5.74) is 1.27. The predicted molar refractivity (Wildman–Crippen MR) is 103 cm³/mol. The molecule has 1 fully saturated rings. The number of ether oxygens (including phenoxy) is 2. The molecule has 0 amide bonds. The zero-order valence-electron chi connectivity index (χ0n) is 13.6. The van der Waals surface area contributed by atoms with E-state index in [2.05, 4.69) is 38.3 Å². The Hall–Kier alpha value is -0.0400. The number of hydrogen-bond acceptors (Lipinski definition) is 4. The Morgan fingerprint density at radius 1 is 1.26 bits per heavy atom. The highest BCUT2D eigenvalue weighted by atomic mass is 79.9. The second-order valence-corrected chi connectivity index (χ2v) is 6.04. The molecule has 0 bridgehead atoms. The van der Waals surface area contributed by atoms with Gasteiger partial charge in [0.25, 0.3) is 0 Å². The fraction of sp³-hybridized carbons (Fsp3) is 0.625. The van der Waals surface area contributed by atoms with Crippen molar-refractivity contribution in [1.29, 1.82) is 0 Å². The molecule has 1 heterocycles. The van der Waals surface area contributed by atoms with Crippen LogP contribution in [0.5, 0.6) is 5.75 Å². The van der Waals surface area contributed by atoms with Crippen molar-refractivity contribution in [2.45, 2.75) is 19.9 Å². The Morgan fingerprint density at radius 2 is 2.00 bits per heavy atom. The van der Waals surface area contributed by atoms with Gasteiger partial charge in [-0.3, -0.25) is 4.90 Å². The van der Waals surface area contributed by atoms with Gasteiger partial charge in [-0.2, -0.15) is 0 Å². The molecular formula is C16H27BrCl2N2O2. The normalized spacial score (nSPS) is 14.7. The third kappa shape index (κ3) is 8.57. The summed E-state index contributed by atoms with van der Waals surface area (Å²) >= 11 is 3.55. The van der Waals surface area contributed by atoms with Crippen molar-refractivity contribution >= 4 is 40.7 Å². The molecule has 0 spiro atoms. The van der Waals surface area contributed by atoms with Crippen LogP contribution in [-0.4, -0.2) is 50.9 Å². The van der Waals surface area contributed by atoms with Crippen molar-refractivity contribution in [2.75, 3.05) is 46.0 Å². The summed E-state index contributed by atoms with van der Waals surface area (Å²) in [6, 6.07) is 6.27. The average Bonchev–Trinajstić information content (AvgIpc) is 2.51. The summed E-state index contributed by atoms with van der Waals surface area (Å²) in [5.74, 6) is 0.911. The molecule has 23 heavy (non-hydrogen) atoms. The minimum Gasteiger partial charge on any atom is -0.493 e. The molecule has 2 rings (SSSR count). The molecule has 1 aliphatic rings. The van der Waals surface area contributed by atoms with Gasteiger partial charge < -0.3 is 14.8 Å². The average molecular weight is 430 g/mol. The van der Waals surface area contributed by atoms with Gasteiger partial charge in [0.15, 0.2) is 0 Å². The molecule has 1 saturated heterocycles. The van der Waals surface area contributed by atoms with Gasteiger partial charge in [0, 0.05) is 19.6 Å². The number of nitrogens with zero attached hydrogens (tertiary/aromatic N) is 1. The molecule has 134 valence electrons. The topological polar surface area (TPSA) is 33.7 Å². The van der Waals surface area contributed by atoms with E-state index in [1.54, 1.807) is 0 Å². The largest absolute Gasteiger partial charge is 0.493 e. The van der Waals surface area contributed by atoms with Crippen molar-refractivity contribution in [3.05, 3.63) is 28.2 Å². The lowest BCUT2D eigenvalue weighted by Crippen LogP contribution is -2.37. The number of halogens is 3. The number of rotatable bonds is 8. The van der Waals surface area contributed by atoms with Crippen LogP contribution in [0.2, 0.25) is 0 Å². The summed E-state index contributed by atoms with van der Waals surface area (Å²) in [6.45, 7) is 9.70. The quantitative estimate of drug-likeness (QED) is 0.641. The van der Waals surface area contributed by atoms with Crippen LogP contribution >= 0.6 is 40.7 Å². The number of benzene rings is 1. The molecule has 1 aromatic carbocycles. The number of nitrogens with one attached hydrogen (secondary N) is 1. The van der Waals surface area contributed by atoms with Crippen molar-refractivity contribution in [3.8, 4) is 5.75 Å². The zero-order valence-corrected chi connectivity index (χ0v) is 16.8. The van der Waals surface area contributed by atoms with Crippen LogP contribution in [0.1, 0.15) is 18.9 Å². The zero-order chi connectivity index (χ0) is 14.9. The van der Waals surface area contributed by atoms with Gasteiger partial charge in [-0.1, -0.05) is 6.07 Å². The minimum absolute atomic E-state index is 0. The molecule has 0 aliphatic carbocycles. The highest BCUT2D eigenvalue weighted by molar-refractivity contribution is 9.10. The molecule has 7 heteroatoms. The highest BCUT2D eigenvalue weighted by Crippen LogP contribution is 2.25. The van der Waals surface area contributed by atoms with E-state index in [1.807, 2.05) is 13.0 Å². The van der Waals surface area contributed by atoms with Crippen LogP contribution in [0, 0.1) is 0 Å². The standard InChI is InChI=1S/C16H25BrN2O2.2ClH/c1-2-21-16-5-4-14(12-15(16)17)13-18-6-3-7-19-8-10-20-11-9-19;;/h4-5,12,18H,2-3,6-11,13H2,1H3;2*1H. The monoisotopic (exact) mass is 428 g/mol. The molecule has 0 aromatic heterocycles. The van der Waals surface area contributed by atoms with Crippen molar-refractivity contribution in [3.63, 3.8) is 0 Å². The SMILES string of the molecule is CCOc1ccc(CNCCCN2CCOCC2)cc1Br.Cl.Cl. The summed E-state index contributed by atoms with van der Waals surface area (Å²) in [4.78, 5) is 2.47. The summed E-state index contributed by atoms with van der Waals surface area (Å²) in [6.07, 6.45) is 1.18. The first-order chi connectivity index (χ1) is 10.3. The van der Waals surface area contributed by atoms with E-state index in [4.69, 9.17) is 9.47 Å². The smallest absolute Gasteiger partial charge is 0.133 e. The third-order valence-corrected chi connectivity index (χ3v) is 4.18. The number of hydrogen-bond donors (Lipinski definition) is 1. The maximum absolute atomic E-state index is 5.52. The Labute approximate surface area is 160 Å². The van der Waals surface area contributed by atoms with Crippen LogP contribution in [0.3, 0.4) is 0 Å². The minimum atomic E-state index is 0. The highest BCUT2D eigenvalue weighted by Gasteiger charge is 2.09. The van der Waals surface area contributed by atoms with Crippen LogP contribution in [0.4, 0.5) is 0 Å². The Bertz CT molecular complexity index is 433. The second-order valence-electron chi connectivity index (χ2n) is 5.18. The van der Waals surface area contributed by atoms with Crippen molar-refractivity contribution in [1.82, 2.24) is 10.2 Å². The Morgan fingerprint density at radius 3 is 2.65 bits per heavy atom. The van der Waals surface area contributed by atoms with E-state index in [0.717, 1.165) is 56.2 Å². The molecule has 1 aromatic rings. The summed E-state index contributed by atoms with van der Waals surface area (Å²) in [7, 11) is 0. The van der Waals surface area contributed by atoms with E-state index in [9.17, 15) is 0 Å². The number of morpholine rings is 1. The maximum atomic E-state index is 5.52. The molecule has 0 unspecified atom stereocenters. The van der Waals surface area contributed by atoms with Gasteiger partial charge in [0.2, 0.25) is 0 Å². The predicted octanol–water partition coefficient (Wildman–Crippen LogP) is 3.50. The molecular weight excluding hydrogens is 403 g/mol. The van der Waals surface area contributed by atoms with Crippen LogP contribution < -0.4 is 10.1 Å². The van der Waals surface area contributed by atoms with Crippen molar-refractivity contribution < 1.29 is 9.47 Å². The third-order valence-electron chi connectivity index (χ3n) is 3.56. The fourth-order valence-corrected chi connectivity index (χ4v) is 2.95. The Kier molecular flexibility index (Phi) is 13.3. The maximum Gasteiger partial charge on any atom is 0.133 e. The van der Waals surface area contributed by atoms with E-state index >= 15 is 0 Å². The van der Waals surface area contributed by atoms with Gasteiger partial charge in [-0.15, -0.1) is 24.8 Å². The lowest BCUT2D eigenvalue weighted by atomic mass is 10.2. The summed E-state index contributed by atoms with van der Waals surface area (Å²) in [5, 5.41) is 3.50. The van der Waals surface area contributed by atoms with Gasteiger partial charge in [0.05, 0.1) is 24.3 Å². The van der Waals surface area contributed by atoms with Crippen molar-refractivity contribution in [2.24, 2.45) is 0 Å². The van der Waals surface area contributed by atoms with E-state index < -0.39 is 0 Å². The van der Waals surface area contributed by atoms with Gasteiger partial charge >= 0.3 is 0 Å². The first kappa shape index (κ1) is 23.0. The van der Waals surface area contributed by atoms with Crippen LogP contribution in [0.15, 0.2) is 22.7 Å². The van der Waals surface area contributed by atoms with Crippen LogP contribution in [-0.2, 0) is 11.3 Å². The van der Waals surface area contributed by atoms with Gasteiger partial charge in [0.1, 0.15) is 5.75 Å². The van der Waals surface area contributed by atoms with Gasteiger partial charge in [-0.25, -0.2) is 0 Å². The van der Waals surface area contributed by atoms with E-state index in [1.165, 1.54) is 12.0 Å². The first-order valence-corrected chi connectivity index (χ1v) is 8.51. The lowest BCUT2D eigenvalue weighted by molar-refractivity contribution is 0.0374. The summed E-state index contributed by atoms with van der Waals surface area (Å²) < 4.78 is 11.9. The Balaban J connectivity index is 0.00000242. The first-order valence-electron chi connectivity index (χ1n) is 7.71. The van der Waals surface area contributed by atoms with Crippen LogP contribution in [0.25, 0.3) is 0 Å². The molecule has 0 radical (unpaired) electrons. The van der Waals surface area contributed by atoms with E-state index in [0.29, 0.717) is 6.61 Å².